The fraction of sp³-hybridized carbons (Fsp3) is 0.375. The van der Waals surface area contributed by atoms with Crippen molar-refractivity contribution in [3.63, 3.8) is 0 Å². The predicted molar refractivity (Wildman–Crippen MR) is 82.6 cm³/mol. The Morgan fingerprint density at radius 2 is 1.67 bits per heavy atom. The van der Waals surface area contributed by atoms with Gasteiger partial charge in [0, 0.05) is 0 Å². The van der Waals surface area contributed by atoms with Gasteiger partial charge in [-0.3, -0.25) is 0 Å². The molecule has 2 rings (SSSR count). The lowest BCUT2D eigenvalue weighted by Gasteiger charge is -2.19. The molecule has 1 N–H and O–H groups in total. The highest BCUT2D eigenvalue weighted by Gasteiger charge is 2.17. The Morgan fingerprint density at radius 3 is 2.14 bits per heavy atom. The predicted octanol–water partition coefficient (Wildman–Crippen LogP) is 3.36. The molecule has 0 aliphatic carbocycles. The minimum Gasteiger partial charge on any atom is -0.465 e. The van der Waals surface area contributed by atoms with Gasteiger partial charge in [-0.1, -0.05) is 32.9 Å². The Balaban J connectivity index is 2.12. The lowest BCUT2D eigenvalue weighted by atomic mass is 9.87. The molecule has 0 atom stereocenters. The van der Waals surface area contributed by atoms with Crippen LogP contribution in [0.25, 0.3) is 0 Å². The Kier molecular flexibility index (Phi) is 4.25. The van der Waals surface area contributed by atoms with Crippen molar-refractivity contribution < 1.29 is 12.8 Å². The molecule has 5 heteroatoms. The van der Waals surface area contributed by atoms with Crippen molar-refractivity contribution in [3.8, 4) is 0 Å². The van der Waals surface area contributed by atoms with Gasteiger partial charge in [-0.05, 0) is 42.2 Å². The first kappa shape index (κ1) is 15.8. The highest BCUT2D eigenvalue weighted by Crippen LogP contribution is 2.23. The van der Waals surface area contributed by atoms with Gasteiger partial charge in [-0.25, -0.2) is 13.1 Å². The van der Waals surface area contributed by atoms with Crippen molar-refractivity contribution in [3.05, 3.63) is 53.5 Å². The van der Waals surface area contributed by atoms with Crippen LogP contribution in [0.4, 0.5) is 0 Å². The van der Waals surface area contributed by atoms with Gasteiger partial charge in [0.2, 0.25) is 10.0 Å². The summed E-state index contributed by atoms with van der Waals surface area (Å²) in [6.45, 7) is 8.25. The molecule has 0 fully saturated rings. The average Bonchev–Trinajstić information content (AvgIpc) is 2.82. The van der Waals surface area contributed by atoms with Crippen molar-refractivity contribution in [1.82, 2.24) is 4.72 Å². The topological polar surface area (TPSA) is 59.3 Å². The van der Waals surface area contributed by atoms with Crippen LogP contribution in [0.2, 0.25) is 0 Å². The fourth-order valence-corrected chi connectivity index (χ4v) is 2.96. The van der Waals surface area contributed by atoms with Crippen LogP contribution in [0.15, 0.2) is 45.7 Å². The molecule has 2 aromatic rings. The lowest BCUT2D eigenvalue weighted by molar-refractivity contribution is 0.475. The molecule has 4 nitrogen and oxygen atoms in total. The minimum absolute atomic E-state index is 0.00140. The summed E-state index contributed by atoms with van der Waals surface area (Å²) in [6, 6.07) is 10.5. The molecular weight excluding hydrogens is 286 g/mol. The molecule has 1 aromatic carbocycles. The van der Waals surface area contributed by atoms with Crippen LogP contribution in [0.3, 0.4) is 0 Å². The molecule has 0 aliphatic heterocycles. The summed E-state index contributed by atoms with van der Waals surface area (Å²) < 4.78 is 32.3. The smallest absolute Gasteiger partial charge is 0.240 e. The molecule has 0 saturated heterocycles. The number of furan rings is 1. The number of rotatable bonds is 4. The quantitative estimate of drug-likeness (QED) is 0.942. The molecule has 1 aromatic heterocycles. The third-order valence-corrected chi connectivity index (χ3v) is 4.68. The highest BCUT2D eigenvalue weighted by atomic mass is 32.2. The van der Waals surface area contributed by atoms with Gasteiger partial charge in [0.05, 0.1) is 11.4 Å². The Hall–Kier alpha value is -1.59. The van der Waals surface area contributed by atoms with Crippen LogP contribution in [0, 0.1) is 6.92 Å². The molecule has 0 amide bonds. The lowest BCUT2D eigenvalue weighted by Crippen LogP contribution is -2.23. The molecule has 0 aliphatic rings. The Morgan fingerprint density at radius 1 is 1.05 bits per heavy atom. The number of hydrogen-bond acceptors (Lipinski definition) is 3. The van der Waals surface area contributed by atoms with Gasteiger partial charge in [0.25, 0.3) is 0 Å². The zero-order valence-corrected chi connectivity index (χ0v) is 13.6. The van der Waals surface area contributed by atoms with E-state index in [2.05, 4.69) is 25.5 Å². The first-order chi connectivity index (χ1) is 9.68. The largest absolute Gasteiger partial charge is 0.465 e. The number of sulfonamides is 1. The summed E-state index contributed by atoms with van der Waals surface area (Å²) in [5, 5.41) is 0. The molecule has 21 heavy (non-hydrogen) atoms. The minimum atomic E-state index is -3.52. The molecule has 0 radical (unpaired) electrons. The van der Waals surface area contributed by atoms with E-state index in [9.17, 15) is 8.42 Å². The first-order valence-corrected chi connectivity index (χ1v) is 8.32. The molecule has 0 bridgehead atoms. The van der Waals surface area contributed by atoms with Crippen LogP contribution in [0.5, 0.6) is 0 Å². The summed E-state index contributed by atoms with van der Waals surface area (Å²) in [4.78, 5) is 0.263. The zero-order valence-electron chi connectivity index (χ0n) is 12.8. The average molecular weight is 307 g/mol. The third-order valence-electron chi connectivity index (χ3n) is 3.26. The van der Waals surface area contributed by atoms with Gasteiger partial charge >= 0.3 is 0 Å². The molecule has 0 spiro atoms. The zero-order chi connectivity index (χ0) is 15.7. The number of aryl methyl sites for hydroxylation is 1. The normalized spacial score (nSPS) is 12.6. The Labute approximate surface area is 126 Å². The van der Waals surface area contributed by atoms with Gasteiger partial charge in [0.15, 0.2) is 0 Å². The molecule has 0 unspecified atom stereocenters. The monoisotopic (exact) mass is 307 g/mol. The molecular formula is C16H21NO3S. The van der Waals surface area contributed by atoms with E-state index >= 15 is 0 Å². The van der Waals surface area contributed by atoms with E-state index in [1.165, 1.54) is 0 Å². The van der Waals surface area contributed by atoms with Crippen LogP contribution in [0.1, 0.15) is 37.9 Å². The fourth-order valence-electron chi connectivity index (χ4n) is 1.96. The van der Waals surface area contributed by atoms with Gasteiger partial charge in [-0.15, -0.1) is 0 Å². The van der Waals surface area contributed by atoms with Gasteiger partial charge < -0.3 is 4.42 Å². The SMILES string of the molecule is Cc1ccc(CNS(=O)(=O)c2ccc(C(C)(C)C)cc2)o1. The van der Waals surface area contributed by atoms with E-state index in [1.807, 2.05) is 25.1 Å². The van der Waals surface area contributed by atoms with E-state index in [0.29, 0.717) is 5.76 Å². The second-order valence-electron chi connectivity index (χ2n) is 6.11. The van der Waals surface area contributed by atoms with E-state index in [-0.39, 0.29) is 16.9 Å². The van der Waals surface area contributed by atoms with Crippen LogP contribution in [-0.4, -0.2) is 8.42 Å². The van der Waals surface area contributed by atoms with E-state index < -0.39 is 10.0 Å². The number of nitrogens with one attached hydrogen (secondary N) is 1. The van der Waals surface area contributed by atoms with Crippen LogP contribution < -0.4 is 4.72 Å². The number of benzene rings is 1. The van der Waals surface area contributed by atoms with Gasteiger partial charge in [-0.2, -0.15) is 0 Å². The molecule has 0 saturated carbocycles. The van der Waals surface area contributed by atoms with Crippen molar-refractivity contribution in [2.75, 3.05) is 0 Å². The van der Waals surface area contributed by atoms with E-state index in [4.69, 9.17) is 4.42 Å². The highest BCUT2D eigenvalue weighted by molar-refractivity contribution is 7.89. The second-order valence-corrected chi connectivity index (χ2v) is 7.88. The third kappa shape index (κ3) is 3.95. The number of hydrogen-bond donors (Lipinski definition) is 1. The summed E-state index contributed by atoms with van der Waals surface area (Å²) in [7, 11) is -3.52. The van der Waals surface area contributed by atoms with Crippen molar-refractivity contribution in [2.24, 2.45) is 0 Å². The van der Waals surface area contributed by atoms with Crippen molar-refractivity contribution >= 4 is 10.0 Å². The maximum Gasteiger partial charge on any atom is 0.240 e. The van der Waals surface area contributed by atoms with Crippen molar-refractivity contribution in [1.29, 1.82) is 0 Å². The van der Waals surface area contributed by atoms with Crippen LogP contribution in [-0.2, 0) is 22.0 Å². The van der Waals surface area contributed by atoms with E-state index in [1.54, 1.807) is 18.2 Å². The summed E-state index contributed by atoms with van der Waals surface area (Å²) in [5.41, 5.74) is 1.10. The first-order valence-electron chi connectivity index (χ1n) is 6.84. The summed E-state index contributed by atoms with van der Waals surface area (Å²) in [5.74, 6) is 1.36. The summed E-state index contributed by atoms with van der Waals surface area (Å²) in [6.07, 6.45) is 0. The van der Waals surface area contributed by atoms with Crippen molar-refractivity contribution in [2.45, 2.75) is 44.6 Å². The van der Waals surface area contributed by atoms with Crippen LogP contribution >= 0.6 is 0 Å². The van der Waals surface area contributed by atoms with E-state index in [0.717, 1.165) is 11.3 Å². The Bertz CT molecular complexity index is 707. The standard InChI is InChI=1S/C16H21NO3S/c1-12-5-8-14(20-12)11-17-21(18,19)15-9-6-13(7-10-15)16(2,3)4/h5-10,17H,11H2,1-4H3. The summed E-state index contributed by atoms with van der Waals surface area (Å²) >= 11 is 0. The molecule has 114 valence electrons. The maximum absolute atomic E-state index is 12.2. The maximum atomic E-state index is 12.2. The molecule has 1 heterocycles. The second kappa shape index (κ2) is 5.66. The van der Waals surface area contributed by atoms with Gasteiger partial charge in [0.1, 0.15) is 11.5 Å².